The highest BCUT2D eigenvalue weighted by Crippen LogP contribution is 2.31. The van der Waals surface area contributed by atoms with E-state index in [1.54, 1.807) is 5.57 Å². The first-order chi connectivity index (χ1) is 4.79. The molecule has 10 heavy (non-hydrogen) atoms. The molecule has 0 spiro atoms. The fourth-order valence-electron chi connectivity index (χ4n) is 1.73. The van der Waals surface area contributed by atoms with E-state index in [9.17, 15) is 0 Å². The SMILES string of the molecule is CCC1=C(CC)B(Cl)CC1. The van der Waals surface area contributed by atoms with Crippen LogP contribution in [0.15, 0.2) is 11.0 Å². The zero-order valence-electron chi connectivity index (χ0n) is 6.78. The van der Waals surface area contributed by atoms with Crippen LogP contribution in [0.4, 0.5) is 0 Å². The molecule has 0 unspecified atom stereocenters. The van der Waals surface area contributed by atoms with Crippen molar-refractivity contribution in [3.8, 4) is 0 Å². The Bertz CT molecular complexity index is 151. The maximum Gasteiger partial charge on any atom is 0.279 e. The Morgan fingerprint density at radius 1 is 1.40 bits per heavy atom. The van der Waals surface area contributed by atoms with Crippen molar-refractivity contribution in [3.05, 3.63) is 11.0 Å². The van der Waals surface area contributed by atoms with Crippen molar-refractivity contribution in [2.45, 2.75) is 39.4 Å². The first-order valence-corrected chi connectivity index (χ1v) is 4.58. The summed E-state index contributed by atoms with van der Waals surface area (Å²) in [5.41, 5.74) is 3.13. The molecule has 0 aromatic carbocycles. The Labute approximate surface area is 68.6 Å². The molecule has 0 saturated heterocycles. The third-order valence-electron chi connectivity index (χ3n) is 2.34. The minimum atomic E-state index is 0.361. The Balaban J connectivity index is 2.71. The molecule has 0 amide bonds. The highest BCUT2D eigenvalue weighted by Gasteiger charge is 2.24. The van der Waals surface area contributed by atoms with Crippen molar-refractivity contribution in [1.29, 1.82) is 0 Å². The molecule has 0 nitrogen and oxygen atoms in total. The third-order valence-corrected chi connectivity index (χ3v) is 2.82. The molecular formula is C8H14BCl. The molecule has 1 aliphatic heterocycles. The van der Waals surface area contributed by atoms with Gasteiger partial charge < -0.3 is 0 Å². The predicted octanol–water partition coefficient (Wildman–Crippen LogP) is 3.28. The Morgan fingerprint density at radius 3 is 2.50 bits per heavy atom. The molecule has 0 aromatic heterocycles. The summed E-state index contributed by atoms with van der Waals surface area (Å²) >= 11 is 6.09. The lowest BCUT2D eigenvalue weighted by atomic mass is 9.67. The summed E-state index contributed by atoms with van der Waals surface area (Å²) in [5.74, 6) is 0. The van der Waals surface area contributed by atoms with Gasteiger partial charge in [-0.05, 0) is 19.3 Å². The van der Waals surface area contributed by atoms with E-state index in [0.29, 0.717) is 6.13 Å². The Kier molecular flexibility index (Phi) is 2.85. The minimum Gasteiger partial charge on any atom is -0.189 e. The maximum atomic E-state index is 6.09. The normalized spacial score (nSPS) is 18.9. The molecule has 0 bridgehead atoms. The van der Waals surface area contributed by atoms with Crippen LogP contribution >= 0.6 is 11.5 Å². The van der Waals surface area contributed by atoms with Crippen molar-refractivity contribution in [2.75, 3.05) is 0 Å². The van der Waals surface area contributed by atoms with Crippen LogP contribution < -0.4 is 0 Å². The maximum absolute atomic E-state index is 6.09. The zero-order chi connectivity index (χ0) is 7.56. The van der Waals surface area contributed by atoms with E-state index in [-0.39, 0.29) is 0 Å². The van der Waals surface area contributed by atoms with Crippen LogP contribution in [-0.2, 0) is 0 Å². The number of hydrogen-bond acceptors (Lipinski definition) is 0. The van der Waals surface area contributed by atoms with E-state index >= 15 is 0 Å². The van der Waals surface area contributed by atoms with Gasteiger partial charge in [0, 0.05) is 0 Å². The van der Waals surface area contributed by atoms with Crippen LogP contribution in [0, 0.1) is 0 Å². The number of rotatable bonds is 2. The molecule has 0 fully saturated rings. The van der Waals surface area contributed by atoms with E-state index < -0.39 is 0 Å². The predicted molar refractivity (Wildman–Crippen MR) is 48.6 cm³/mol. The summed E-state index contributed by atoms with van der Waals surface area (Å²) in [6.45, 7) is 4.42. The molecular weight excluding hydrogens is 142 g/mol. The van der Waals surface area contributed by atoms with E-state index in [2.05, 4.69) is 13.8 Å². The lowest BCUT2D eigenvalue weighted by Crippen LogP contribution is -2.01. The Hall–Kier alpha value is 0.0949. The van der Waals surface area contributed by atoms with Crippen LogP contribution in [0.2, 0.25) is 6.32 Å². The second-order valence-electron chi connectivity index (χ2n) is 2.84. The number of hydrogen-bond donors (Lipinski definition) is 0. The largest absolute Gasteiger partial charge is 0.279 e. The van der Waals surface area contributed by atoms with E-state index in [1.165, 1.54) is 24.6 Å². The molecule has 0 aromatic rings. The van der Waals surface area contributed by atoms with Gasteiger partial charge in [-0.15, -0.1) is 0 Å². The van der Waals surface area contributed by atoms with Gasteiger partial charge in [0.2, 0.25) is 0 Å². The van der Waals surface area contributed by atoms with Gasteiger partial charge >= 0.3 is 0 Å². The van der Waals surface area contributed by atoms with Crippen LogP contribution in [-0.4, -0.2) is 6.13 Å². The first-order valence-electron chi connectivity index (χ1n) is 4.14. The monoisotopic (exact) mass is 156 g/mol. The lowest BCUT2D eigenvalue weighted by molar-refractivity contribution is 0.971. The van der Waals surface area contributed by atoms with Crippen LogP contribution in [0.25, 0.3) is 0 Å². The molecule has 0 saturated carbocycles. The minimum absolute atomic E-state index is 0.361. The summed E-state index contributed by atoms with van der Waals surface area (Å²) in [7, 11) is 0. The lowest BCUT2D eigenvalue weighted by Gasteiger charge is -2.02. The number of allylic oxidation sites excluding steroid dienone is 2. The van der Waals surface area contributed by atoms with Crippen molar-refractivity contribution >= 4 is 17.6 Å². The molecule has 1 heterocycles. The van der Waals surface area contributed by atoms with Gasteiger partial charge in [-0.1, -0.05) is 31.2 Å². The van der Waals surface area contributed by atoms with Crippen LogP contribution in [0.3, 0.4) is 0 Å². The van der Waals surface area contributed by atoms with Gasteiger partial charge in [0.05, 0.1) is 0 Å². The van der Waals surface area contributed by atoms with Crippen molar-refractivity contribution in [2.24, 2.45) is 0 Å². The fourth-order valence-corrected chi connectivity index (χ4v) is 2.15. The second kappa shape index (κ2) is 3.48. The molecule has 0 aliphatic carbocycles. The fraction of sp³-hybridized carbons (Fsp3) is 0.750. The summed E-state index contributed by atoms with van der Waals surface area (Å²) in [4.78, 5) is 0. The van der Waals surface area contributed by atoms with Crippen molar-refractivity contribution in [1.82, 2.24) is 0 Å². The molecule has 1 rings (SSSR count). The quantitative estimate of drug-likeness (QED) is 0.538. The van der Waals surface area contributed by atoms with E-state index in [0.717, 1.165) is 6.42 Å². The zero-order valence-corrected chi connectivity index (χ0v) is 7.54. The van der Waals surface area contributed by atoms with Gasteiger partial charge in [0.1, 0.15) is 0 Å². The smallest absolute Gasteiger partial charge is 0.189 e. The van der Waals surface area contributed by atoms with E-state index in [1.807, 2.05) is 0 Å². The molecule has 0 N–H and O–H groups in total. The topological polar surface area (TPSA) is 0 Å². The number of halogens is 1. The van der Waals surface area contributed by atoms with Crippen LogP contribution in [0.5, 0.6) is 0 Å². The van der Waals surface area contributed by atoms with Gasteiger partial charge in [-0.3, -0.25) is 0 Å². The van der Waals surface area contributed by atoms with E-state index in [4.69, 9.17) is 11.5 Å². The molecule has 0 atom stereocenters. The summed E-state index contributed by atoms with van der Waals surface area (Å²) in [5, 5.41) is 0. The van der Waals surface area contributed by atoms with Gasteiger partial charge in [0.25, 0.3) is 6.13 Å². The average molecular weight is 156 g/mol. The van der Waals surface area contributed by atoms with Crippen LogP contribution in [0.1, 0.15) is 33.1 Å². The molecule has 1 aliphatic rings. The van der Waals surface area contributed by atoms with Crippen molar-refractivity contribution < 1.29 is 0 Å². The molecule has 0 radical (unpaired) electrons. The Morgan fingerprint density at radius 2 is 2.10 bits per heavy atom. The average Bonchev–Trinajstić information content (AvgIpc) is 2.30. The summed E-state index contributed by atoms with van der Waals surface area (Å²) < 4.78 is 0. The van der Waals surface area contributed by atoms with Gasteiger partial charge in [0.15, 0.2) is 0 Å². The molecule has 56 valence electrons. The highest BCUT2D eigenvalue weighted by atomic mass is 35.5. The van der Waals surface area contributed by atoms with Crippen molar-refractivity contribution in [3.63, 3.8) is 0 Å². The second-order valence-corrected chi connectivity index (χ2v) is 3.37. The highest BCUT2D eigenvalue weighted by molar-refractivity contribution is 7.11. The summed E-state index contributed by atoms with van der Waals surface area (Å²) in [6.07, 6.45) is 5.13. The standard InChI is InChI=1S/C8H14BCl/c1-3-7-5-6-9(10)8(7)4-2/h3-6H2,1-2H3. The van der Waals surface area contributed by atoms with Gasteiger partial charge in [-0.25, -0.2) is 0 Å². The third kappa shape index (κ3) is 1.39. The molecule has 2 heteroatoms. The summed E-state index contributed by atoms with van der Waals surface area (Å²) in [6, 6.07) is 0. The van der Waals surface area contributed by atoms with Gasteiger partial charge in [-0.2, -0.15) is 11.5 Å². The first kappa shape index (κ1) is 8.19.